The Balaban J connectivity index is 4.53. The maximum Gasteiger partial charge on any atom is 0.0515 e. The summed E-state index contributed by atoms with van der Waals surface area (Å²) in [6.07, 6.45) is 14.9. The average Bonchev–Trinajstić information content (AvgIpc) is 2.15. The van der Waals surface area contributed by atoms with Gasteiger partial charge in [-0.1, -0.05) is 44.6 Å². The van der Waals surface area contributed by atoms with E-state index in [2.05, 4.69) is 51.3 Å². The van der Waals surface area contributed by atoms with Crippen molar-refractivity contribution in [2.45, 2.75) is 44.8 Å². The summed E-state index contributed by atoms with van der Waals surface area (Å²) in [6, 6.07) is 0. The molecule has 1 atom stereocenters. The van der Waals surface area contributed by atoms with Gasteiger partial charge in [0.2, 0.25) is 0 Å². The molecule has 1 unspecified atom stereocenters. The molecule has 0 fully saturated rings. The zero-order valence-electron chi connectivity index (χ0n) is 9.34. The van der Waals surface area contributed by atoms with Gasteiger partial charge in [0.15, 0.2) is 0 Å². The molecule has 0 aromatic heterocycles. The first-order valence-corrected chi connectivity index (χ1v) is 6.33. The average molecular weight is 198 g/mol. The van der Waals surface area contributed by atoms with E-state index in [1.165, 1.54) is 12.8 Å². The minimum Gasteiger partial charge on any atom is -0.150 e. The highest BCUT2D eigenvalue weighted by Crippen LogP contribution is 2.31. The highest BCUT2D eigenvalue weighted by molar-refractivity contribution is 8.00. The van der Waals surface area contributed by atoms with Crippen molar-refractivity contribution < 1.29 is 0 Å². The molecular formula is C12H22S. The molecule has 0 spiro atoms. The first-order valence-electron chi connectivity index (χ1n) is 5.11. The lowest BCUT2D eigenvalue weighted by Gasteiger charge is -2.24. The maximum absolute atomic E-state index is 2.35. The number of hydrogen-bond acceptors (Lipinski definition) is 1. The molecular weight excluding hydrogens is 176 g/mol. The normalized spacial score (nSPS) is 16.9. The molecule has 0 aliphatic carbocycles. The monoisotopic (exact) mass is 198 g/mol. The number of rotatable bonds is 6. The summed E-state index contributed by atoms with van der Waals surface area (Å²) in [7, 11) is 0. The predicted molar refractivity (Wildman–Crippen MR) is 65.4 cm³/mol. The molecule has 0 saturated carbocycles. The second kappa shape index (κ2) is 7.25. The Morgan fingerprint density at radius 3 is 2.31 bits per heavy atom. The molecule has 0 amide bonds. The number of allylic oxidation sites excluding steroid dienone is 2. The van der Waals surface area contributed by atoms with Crippen LogP contribution < -0.4 is 0 Å². The Morgan fingerprint density at radius 2 is 1.92 bits per heavy atom. The van der Waals surface area contributed by atoms with Gasteiger partial charge in [-0.05, 0) is 26.0 Å². The van der Waals surface area contributed by atoms with E-state index >= 15 is 0 Å². The van der Waals surface area contributed by atoms with Crippen molar-refractivity contribution >= 4 is 11.8 Å². The minimum absolute atomic E-state index is 0.250. The third kappa shape index (κ3) is 4.56. The second-order valence-corrected chi connectivity index (χ2v) is 4.39. The van der Waals surface area contributed by atoms with Crippen LogP contribution >= 0.6 is 11.8 Å². The van der Waals surface area contributed by atoms with Crippen LogP contribution in [-0.2, 0) is 0 Å². The Morgan fingerprint density at radius 1 is 1.23 bits per heavy atom. The molecule has 0 saturated heterocycles. The molecule has 0 aromatic carbocycles. The van der Waals surface area contributed by atoms with E-state index in [0.717, 1.165) is 6.42 Å². The summed E-state index contributed by atoms with van der Waals surface area (Å²) in [4.78, 5) is 0. The third-order valence-electron chi connectivity index (χ3n) is 2.11. The minimum atomic E-state index is 0.250. The molecule has 0 radical (unpaired) electrons. The van der Waals surface area contributed by atoms with Crippen LogP contribution in [-0.4, -0.2) is 11.0 Å². The van der Waals surface area contributed by atoms with Crippen LogP contribution in [0.5, 0.6) is 0 Å². The van der Waals surface area contributed by atoms with Gasteiger partial charge in [-0.15, -0.1) is 0 Å². The van der Waals surface area contributed by atoms with Gasteiger partial charge in [0.1, 0.15) is 0 Å². The highest BCUT2D eigenvalue weighted by atomic mass is 32.2. The summed E-state index contributed by atoms with van der Waals surface area (Å²) in [6.45, 7) is 6.53. The van der Waals surface area contributed by atoms with Gasteiger partial charge >= 0.3 is 0 Å². The molecule has 0 N–H and O–H groups in total. The van der Waals surface area contributed by atoms with Gasteiger partial charge in [0, 0.05) is 0 Å². The summed E-state index contributed by atoms with van der Waals surface area (Å²) >= 11 is 1.93. The van der Waals surface area contributed by atoms with E-state index in [0.29, 0.717) is 0 Å². The van der Waals surface area contributed by atoms with Crippen LogP contribution in [0, 0.1) is 0 Å². The van der Waals surface area contributed by atoms with E-state index in [4.69, 9.17) is 0 Å². The molecule has 0 nitrogen and oxygen atoms in total. The second-order valence-electron chi connectivity index (χ2n) is 3.22. The first kappa shape index (κ1) is 12.8. The fourth-order valence-corrected chi connectivity index (χ4v) is 2.36. The topological polar surface area (TPSA) is 0 Å². The van der Waals surface area contributed by atoms with E-state index < -0.39 is 0 Å². The quantitative estimate of drug-likeness (QED) is 0.569. The molecule has 0 aromatic rings. The van der Waals surface area contributed by atoms with Crippen molar-refractivity contribution in [2.75, 3.05) is 6.26 Å². The molecule has 1 heteroatoms. The molecule has 0 aliphatic rings. The molecule has 0 aliphatic heterocycles. The standard InChI is InChI=1S/C12H22S/c1-5-8-11-12(13-4,9-6-2)10-7-3/h6,8-9,11H,5,7,10H2,1-4H3. The lowest BCUT2D eigenvalue weighted by Crippen LogP contribution is -2.17. The van der Waals surface area contributed by atoms with Crippen molar-refractivity contribution in [3.8, 4) is 0 Å². The van der Waals surface area contributed by atoms with Gasteiger partial charge in [0.25, 0.3) is 0 Å². The van der Waals surface area contributed by atoms with E-state index in [9.17, 15) is 0 Å². The zero-order valence-corrected chi connectivity index (χ0v) is 10.2. The largest absolute Gasteiger partial charge is 0.150 e. The molecule has 76 valence electrons. The van der Waals surface area contributed by atoms with Crippen LogP contribution in [0.25, 0.3) is 0 Å². The molecule has 13 heavy (non-hydrogen) atoms. The fourth-order valence-electron chi connectivity index (χ4n) is 1.45. The molecule has 0 heterocycles. The first-order chi connectivity index (χ1) is 6.24. The van der Waals surface area contributed by atoms with Crippen molar-refractivity contribution in [3.63, 3.8) is 0 Å². The van der Waals surface area contributed by atoms with E-state index in [1.54, 1.807) is 0 Å². The smallest absolute Gasteiger partial charge is 0.0515 e. The van der Waals surface area contributed by atoms with Crippen LogP contribution in [0.2, 0.25) is 0 Å². The van der Waals surface area contributed by atoms with Crippen molar-refractivity contribution in [1.29, 1.82) is 0 Å². The SMILES string of the molecule is CC=CC(C=CCC)(CCC)SC. The van der Waals surface area contributed by atoms with Gasteiger partial charge in [-0.2, -0.15) is 11.8 Å². The Labute approximate surface area is 87.5 Å². The van der Waals surface area contributed by atoms with E-state index in [-0.39, 0.29) is 4.75 Å². The van der Waals surface area contributed by atoms with Crippen molar-refractivity contribution in [3.05, 3.63) is 24.3 Å². The highest BCUT2D eigenvalue weighted by Gasteiger charge is 2.20. The van der Waals surface area contributed by atoms with Gasteiger partial charge in [0.05, 0.1) is 4.75 Å². The lowest BCUT2D eigenvalue weighted by molar-refractivity contribution is 0.731. The lowest BCUT2D eigenvalue weighted by atomic mass is 10.0. The number of thioether (sulfide) groups is 1. The predicted octanol–water partition coefficient (Wildman–Crippen LogP) is 4.43. The fraction of sp³-hybridized carbons (Fsp3) is 0.667. The summed E-state index contributed by atoms with van der Waals surface area (Å²) in [5, 5.41) is 0. The van der Waals surface area contributed by atoms with Crippen LogP contribution in [0.15, 0.2) is 24.3 Å². The van der Waals surface area contributed by atoms with Crippen molar-refractivity contribution in [2.24, 2.45) is 0 Å². The summed E-state index contributed by atoms with van der Waals surface area (Å²) < 4.78 is 0.250. The summed E-state index contributed by atoms with van der Waals surface area (Å²) in [5.41, 5.74) is 0. The Bertz CT molecular complexity index is 170. The Kier molecular flexibility index (Phi) is 7.16. The van der Waals surface area contributed by atoms with Gasteiger partial charge in [-0.3, -0.25) is 0 Å². The molecule has 0 bridgehead atoms. The summed E-state index contributed by atoms with van der Waals surface area (Å²) in [5.74, 6) is 0. The van der Waals surface area contributed by atoms with Crippen LogP contribution in [0.1, 0.15) is 40.0 Å². The van der Waals surface area contributed by atoms with Crippen LogP contribution in [0.4, 0.5) is 0 Å². The maximum atomic E-state index is 2.35. The third-order valence-corrected chi connectivity index (χ3v) is 3.34. The molecule has 0 rings (SSSR count). The van der Waals surface area contributed by atoms with Crippen LogP contribution in [0.3, 0.4) is 0 Å². The number of hydrogen-bond donors (Lipinski definition) is 0. The Hall–Kier alpha value is -0.170. The van der Waals surface area contributed by atoms with Gasteiger partial charge < -0.3 is 0 Å². The van der Waals surface area contributed by atoms with Gasteiger partial charge in [-0.25, -0.2) is 0 Å². The van der Waals surface area contributed by atoms with Crippen molar-refractivity contribution in [1.82, 2.24) is 0 Å². The zero-order chi connectivity index (χ0) is 10.2. The van der Waals surface area contributed by atoms with E-state index in [1.807, 2.05) is 11.8 Å².